The number of anilines is 1. The number of rotatable bonds is 5. The Hall–Kier alpha value is -2.41. The normalized spacial score (nSPS) is 11.1. The smallest absolute Gasteiger partial charge is 0.183 e. The summed E-state index contributed by atoms with van der Waals surface area (Å²) >= 11 is 5.63. The van der Waals surface area contributed by atoms with Gasteiger partial charge in [-0.1, -0.05) is 11.6 Å². The Morgan fingerprint density at radius 2 is 2.00 bits per heavy atom. The van der Waals surface area contributed by atoms with Gasteiger partial charge in [0.2, 0.25) is 0 Å². The van der Waals surface area contributed by atoms with Crippen LogP contribution in [0.3, 0.4) is 0 Å². The lowest BCUT2D eigenvalue weighted by Gasteiger charge is -2.12. The van der Waals surface area contributed by atoms with Gasteiger partial charge >= 0.3 is 0 Å². The Morgan fingerprint density at radius 3 is 2.72 bits per heavy atom. The van der Waals surface area contributed by atoms with Crippen molar-refractivity contribution in [1.29, 1.82) is 0 Å². The number of methoxy groups -OCH3 is 1. The van der Waals surface area contributed by atoms with E-state index in [9.17, 15) is 13.2 Å². The summed E-state index contributed by atoms with van der Waals surface area (Å²) in [5, 5.41) is 3.13. The zero-order chi connectivity index (χ0) is 18.1. The van der Waals surface area contributed by atoms with E-state index in [1.54, 1.807) is 17.6 Å². The van der Waals surface area contributed by atoms with Crippen molar-refractivity contribution in [3.8, 4) is 5.75 Å². The molecule has 0 aliphatic rings. The molecule has 132 valence electrons. The second-order valence-electron chi connectivity index (χ2n) is 5.46. The number of hydrogen-bond acceptors (Lipinski definition) is 3. The minimum Gasteiger partial charge on any atom is -0.496 e. The minimum absolute atomic E-state index is 0.115. The first-order chi connectivity index (χ1) is 11.9. The highest BCUT2D eigenvalue weighted by Crippen LogP contribution is 2.32. The van der Waals surface area contributed by atoms with E-state index in [0.29, 0.717) is 5.39 Å². The summed E-state index contributed by atoms with van der Waals surface area (Å²) in [6.45, 7) is 2.35. The Morgan fingerprint density at radius 1 is 1.24 bits per heavy atom. The van der Waals surface area contributed by atoms with Gasteiger partial charge in [0.1, 0.15) is 5.75 Å². The summed E-state index contributed by atoms with van der Waals surface area (Å²) in [5.74, 6) is -2.32. The summed E-state index contributed by atoms with van der Waals surface area (Å²) in [7, 11) is 1.40. The van der Waals surface area contributed by atoms with Crippen molar-refractivity contribution in [3.63, 3.8) is 0 Å². The van der Waals surface area contributed by atoms with Gasteiger partial charge < -0.3 is 14.6 Å². The van der Waals surface area contributed by atoms with Gasteiger partial charge in [-0.05, 0) is 19.1 Å². The predicted molar refractivity (Wildman–Crippen MR) is 90.8 cm³/mol. The van der Waals surface area contributed by atoms with Crippen molar-refractivity contribution in [2.45, 2.75) is 13.5 Å². The maximum Gasteiger partial charge on any atom is 0.183 e. The summed E-state index contributed by atoms with van der Waals surface area (Å²) in [4.78, 5) is 3.63. The fourth-order valence-corrected chi connectivity index (χ4v) is 2.94. The Labute approximate surface area is 147 Å². The van der Waals surface area contributed by atoms with Crippen LogP contribution in [0.2, 0.25) is 5.15 Å². The molecule has 2 heterocycles. The summed E-state index contributed by atoms with van der Waals surface area (Å²) in [6, 6.07) is 4.19. The lowest BCUT2D eigenvalue weighted by Crippen LogP contribution is -2.13. The molecule has 1 N–H and O–H groups in total. The Bertz CT molecular complexity index is 943. The number of aryl methyl sites for hydroxylation is 1. The largest absolute Gasteiger partial charge is 0.496 e. The molecule has 0 aliphatic carbocycles. The van der Waals surface area contributed by atoms with Crippen LogP contribution in [0, 0.1) is 24.4 Å². The van der Waals surface area contributed by atoms with Crippen LogP contribution in [0.1, 0.15) is 5.69 Å². The molecular weight excluding hydrogens is 355 g/mol. The Kier molecular flexibility index (Phi) is 4.76. The molecule has 3 rings (SSSR count). The van der Waals surface area contributed by atoms with Gasteiger partial charge in [-0.25, -0.2) is 18.2 Å². The van der Waals surface area contributed by atoms with Gasteiger partial charge in [-0.3, -0.25) is 0 Å². The molecule has 0 saturated carbocycles. The van der Waals surface area contributed by atoms with Crippen LogP contribution >= 0.6 is 11.6 Å². The monoisotopic (exact) mass is 369 g/mol. The average molecular weight is 370 g/mol. The molecule has 0 radical (unpaired) electrons. The molecule has 1 aromatic carbocycles. The standard InChI is InChI=1S/C17H15ClF3N3O/c1-9-7-10-13(25-2)8-11(19)14(20)16(10)24(9)6-5-22-12-3-4-23-17(18)15(12)21/h3-4,7-8H,5-6H2,1-2H3,(H,22,23). The van der Waals surface area contributed by atoms with Crippen LogP contribution in [-0.4, -0.2) is 23.2 Å². The number of aromatic nitrogens is 2. The van der Waals surface area contributed by atoms with Gasteiger partial charge in [0.15, 0.2) is 22.6 Å². The SMILES string of the molecule is COc1cc(F)c(F)c2c1cc(C)n2CCNc1ccnc(Cl)c1F. The molecule has 0 aliphatic heterocycles. The lowest BCUT2D eigenvalue weighted by molar-refractivity contribution is 0.412. The molecule has 0 amide bonds. The molecule has 0 atom stereocenters. The summed E-state index contributed by atoms with van der Waals surface area (Å²) in [5.41, 5.74) is 1.04. The third-order valence-corrected chi connectivity index (χ3v) is 4.23. The molecule has 0 bridgehead atoms. The first-order valence-electron chi connectivity index (χ1n) is 7.49. The molecule has 4 nitrogen and oxygen atoms in total. The van der Waals surface area contributed by atoms with Crippen LogP contribution in [0.25, 0.3) is 10.9 Å². The first kappa shape index (κ1) is 17.4. The molecule has 0 fully saturated rings. The van der Waals surface area contributed by atoms with E-state index in [4.69, 9.17) is 16.3 Å². The van der Waals surface area contributed by atoms with Crippen molar-refractivity contribution < 1.29 is 17.9 Å². The quantitative estimate of drug-likeness (QED) is 0.671. The van der Waals surface area contributed by atoms with Gasteiger partial charge in [0.25, 0.3) is 0 Å². The topological polar surface area (TPSA) is 39.1 Å². The number of hydrogen-bond donors (Lipinski definition) is 1. The van der Waals surface area contributed by atoms with Crippen molar-refractivity contribution in [3.05, 3.63) is 52.7 Å². The maximum absolute atomic E-state index is 14.3. The number of fused-ring (bicyclic) bond motifs is 1. The fraction of sp³-hybridized carbons (Fsp3) is 0.235. The highest BCUT2D eigenvalue weighted by Gasteiger charge is 2.18. The van der Waals surface area contributed by atoms with E-state index in [-0.39, 0.29) is 35.2 Å². The van der Waals surface area contributed by atoms with Crippen molar-refractivity contribution in [2.75, 3.05) is 19.0 Å². The third-order valence-electron chi connectivity index (χ3n) is 3.96. The van der Waals surface area contributed by atoms with Gasteiger partial charge in [0, 0.05) is 36.4 Å². The molecule has 3 aromatic rings. The zero-order valence-electron chi connectivity index (χ0n) is 13.5. The second kappa shape index (κ2) is 6.84. The average Bonchev–Trinajstić information content (AvgIpc) is 2.92. The van der Waals surface area contributed by atoms with Crippen molar-refractivity contribution in [1.82, 2.24) is 9.55 Å². The maximum atomic E-state index is 14.3. The molecule has 2 aromatic heterocycles. The van der Waals surface area contributed by atoms with E-state index < -0.39 is 17.5 Å². The van der Waals surface area contributed by atoms with Crippen LogP contribution in [0.4, 0.5) is 18.9 Å². The van der Waals surface area contributed by atoms with Crippen LogP contribution in [0.15, 0.2) is 24.4 Å². The lowest BCUT2D eigenvalue weighted by atomic mass is 10.2. The summed E-state index contributed by atoms with van der Waals surface area (Å²) in [6.07, 6.45) is 1.38. The second-order valence-corrected chi connectivity index (χ2v) is 5.82. The van der Waals surface area contributed by atoms with Crippen molar-refractivity contribution >= 4 is 28.2 Å². The molecule has 0 saturated heterocycles. The van der Waals surface area contributed by atoms with Gasteiger partial charge in [0.05, 0.1) is 18.3 Å². The van der Waals surface area contributed by atoms with E-state index in [0.717, 1.165) is 11.8 Å². The van der Waals surface area contributed by atoms with Crippen LogP contribution in [0.5, 0.6) is 5.75 Å². The van der Waals surface area contributed by atoms with E-state index in [2.05, 4.69) is 10.3 Å². The number of nitrogens with zero attached hydrogens (tertiary/aromatic N) is 2. The molecule has 8 heteroatoms. The van der Waals surface area contributed by atoms with Gasteiger partial charge in [-0.2, -0.15) is 0 Å². The first-order valence-corrected chi connectivity index (χ1v) is 7.87. The zero-order valence-corrected chi connectivity index (χ0v) is 14.3. The number of halogens is 4. The Balaban J connectivity index is 1.90. The van der Waals surface area contributed by atoms with E-state index >= 15 is 0 Å². The molecular formula is C17H15ClF3N3O. The van der Waals surface area contributed by atoms with Crippen LogP contribution in [-0.2, 0) is 6.54 Å². The third kappa shape index (κ3) is 3.11. The van der Waals surface area contributed by atoms with Crippen LogP contribution < -0.4 is 10.1 Å². The number of nitrogens with one attached hydrogen (secondary N) is 1. The molecule has 25 heavy (non-hydrogen) atoms. The summed E-state index contributed by atoms with van der Waals surface area (Å²) < 4.78 is 48.7. The van der Waals surface area contributed by atoms with E-state index in [1.165, 1.54) is 19.4 Å². The number of benzene rings is 1. The predicted octanol–water partition coefficient (Wildman–Crippen LogP) is 4.54. The minimum atomic E-state index is -0.983. The van der Waals surface area contributed by atoms with Gasteiger partial charge in [-0.15, -0.1) is 0 Å². The molecule has 0 spiro atoms. The highest BCUT2D eigenvalue weighted by molar-refractivity contribution is 6.29. The van der Waals surface area contributed by atoms with Crippen molar-refractivity contribution in [2.24, 2.45) is 0 Å². The molecule has 0 unspecified atom stereocenters. The number of pyridine rings is 1. The fourth-order valence-electron chi connectivity index (χ4n) is 2.78. The number of ether oxygens (including phenoxy) is 1. The highest BCUT2D eigenvalue weighted by atomic mass is 35.5. The van der Waals surface area contributed by atoms with E-state index in [1.807, 2.05) is 0 Å².